The predicted molar refractivity (Wildman–Crippen MR) is 75.5 cm³/mol. The number of aryl methyl sites for hydroxylation is 1. The minimum Gasteiger partial charge on any atom is -0.379 e. The summed E-state index contributed by atoms with van der Waals surface area (Å²) in [6.45, 7) is 2.93. The molecule has 1 N–H and O–H groups in total. The summed E-state index contributed by atoms with van der Waals surface area (Å²) in [6, 6.07) is 10.1. The summed E-state index contributed by atoms with van der Waals surface area (Å²) >= 11 is 11.3. The van der Waals surface area contributed by atoms with Crippen LogP contribution in [0, 0.1) is 6.92 Å². The Bertz CT molecular complexity index is 496. The summed E-state index contributed by atoms with van der Waals surface area (Å²) in [5.41, 5.74) is 0.968. The summed E-state index contributed by atoms with van der Waals surface area (Å²) in [6.07, 6.45) is 0. The largest absolute Gasteiger partial charge is 0.379 e. The number of anilines is 1. The Morgan fingerprint density at radius 3 is 2.75 bits per heavy atom. The highest BCUT2D eigenvalue weighted by atomic mass is 79.9. The molecule has 0 atom stereocenters. The molecule has 1 aromatic heterocycles. The monoisotopic (exact) mass is 315 g/mol. The van der Waals surface area contributed by atoms with Crippen LogP contribution < -0.4 is 5.32 Å². The molecule has 2 aromatic rings. The zero-order chi connectivity index (χ0) is 11.5. The van der Waals surface area contributed by atoms with Crippen LogP contribution in [0.3, 0.4) is 0 Å². The van der Waals surface area contributed by atoms with Gasteiger partial charge in [0.15, 0.2) is 0 Å². The molecular weight excluding hydrogens is 306 g/mol. The predicted octanol–water partition coefficient (Wildman–Crippen LogP) is 5.08. The lowest BCUT2D eigenvalue weighted by Crippen LogP contribution is -1.97. The highest BCUT2D eigenvalue weighted by molar-refractivity contribution is 9.10. The summed E-state index contributed by atoms with van der Waals surface area (Å²) in [4.78, 5) is 2.65. The van der Waals surface area contributed by atoms with E-state index in [9.17, 15) is 0 Å². The van der Waals surface area contributed by atoms with Crippen LogP contribution in [-0.2, 0) is 6.54 Å². The van der Waals surface area contributed by atoms with Crippen LogP contribution in [0.5, 0.6) is 0 Å². The number of hydrogen-bond acceptors (Lipinski definition) is 2. The molecule has 0 spiro atoms. The smallest absolute Gasteiger partial charge is 0.0648 e. The summed E-state index contributed by atoms with van der Waals surface area (Å²) in [5.74, 6) is 0. The van der Waals surface area contributed by atoms with E-state index in [4.69, 9.17) is 11.6 Å². The van der Waals surface area contributed by atoms with Crippen molar-refractivity contribution < 1.29 is 0 Å². The number of rotatable bonds is 3. The van der Waals surface area contributed by atoms with Crippen molar-refractivity contribution in [1.29, 1.82) is 0 Å². The van der Waals surface area contributed by atoms with Crippen LogP contribution in [0.15, 0.2) is 34.8 Å². The van der Waals surface area contributed by atoms with Gasteiger partial charge in [0.25, 0.3) is 0 Å². The van der Waals surface area contributed by atoms with Gasteiger partial charge in [0.1, 0.15) is 0 Å². The maximum absolute atomic E-state index is 6.11. The summed E-state index contributed by atoms with van der Waals surface area (Å²) in [7, 11) is 0. The number of benzene rings is 1. The van der Waals surface area contributed by atoms with Crippen LogP contribution in [0.25, 0.3) is 0 Å². The van der Waals surface area contributed by atoms with Gasteiger partial charge in [-0.05, 0) is 37.3 Å². The number of nitrogens with one attached hydrogen (secondary N) is 1. The second kappa shape index (κ2) is 5.21. The van der Waals surface area contributed by atoms with Gasteiger partial charge in [-0.25, -0.2) is 0 Å². The molecule has 0 radical (unpaired) electrons. The van der Waals surface area contributed by atoms with E-state index >= 15 is 0 Å². The lowest BCUT2D eigenvalue weighted by Gasteiger charge is -2.07. The van der Waals surface area contributed by atoms with Crippen molar-refractivity contribution >= 4 is 44.6 Å². The van der Waals surface area contributed by atoms with E-state index in [1.165, 1.54) is 9.75 Å². The molecule has 0 aliphatic heterocycles. The molecule has 1 heterocycles. The maximum atomic E-state index is 6.11. The molecular formula is C12H11BrClNS. The fourth-order valence-electron chi connectivity index (χ4n) is 1.40. The molecule has 0 amide bonds. The lowest BCUT2D eigenvalue weighted by molar-refractivity contribution is 1.19. The molecule has 1 aromatic carbocycles. The molecule has 4 heteroatoms. The number of halogens is 2. The van der Waals surface area contributed by atoms with E-state index in [1.54, 1.807) is 11.3 Å². The van der Waals surface area contributed by atoms with Gasteiger partial charge in [0.2, 0.25) is 0 Å². The second-order valence-electron chi connectivity index (χ2n) is 3.49. The summed E-state index contributed by atoms with van der Waals surface area (Å²) in [5, 5.41) is 4.07. The van der Waals surface area contributed by atoms with Crippen LogP contribution in [0.4, 0.5) is 5.69 Å². The normalized spacial score (nSPS) is 10.4. The van der Waals surface area contributed by atoms with Gasteiger partial charge in [-0.1, -0.05) is 27.5 Å². The van der Waals surface area contributed by atoms with Crippen molar-refractivity contribution in [2.45, 2.75) is 13.5 Å². The van der Waals surface area contributed by atoms with Gasteiger partial charge in [0.05, 0.1) is 10.7 Å². The zero-order valence-corrected chi connectivity index (χ0v) is 11.9. The Morgan fingerprint density at radius 1 is 1.31 bits per heavy atom. The Balaban J connectivity index is 2.04. The van der Waals surface area contributed by atoms with E-state index in [1.807, 2.05) is 18.2 Å². The van der Waals surface area contributed by atoms with E-state index < -0.39 is 0 Å². The minimum atomic E-state index is 0.739. The quantitative estimate of drug-likeness (QED) is 0.832. The van der Waals surface area contributed by atoms with E-state index in [0.717, 1.165) is 21.7 Å². The van der Waals surface area contributed by atoms with Crippen molar-refractivity contribution in [3.05, 3.63) is 49.6 Å². The molecule has 0 aliphatic carbocycles. The van der Waals surface area contributed by atoms with Crippen molar-refractivity contribution in [3.8, 4) is 0 Å². The van der Waals surface area contributed by atoms with Crippen LogP contribution >= 0.6 is 38.9 Å². The van der Waals surface area contributed by atoms with E-state index in [0.29, 0.717) is 0 Å². The molecule has 0 fully saturated rings. The lowest BCUT2D eigenvalue weighted by atomic mass is 10.3. The fourth-order valence-corrected chi connectivity index (χ4v) is 2.97. The third kappa shape index (κ3) is 3.00. The van der Waals surface area contributed by atoms with E-state index in [2.05, 4.69) is 40.3 Å². The van der Waals surface area contributed by atoms with Crippen molar-refractivity contribution in [3.63, 3.8) is 0 Å². The number of hydrogen-bond donors (Lipinski definition) is 1. The molecule has 0 unspecified atom stereocenters. The van der Waals surface area contributed by atoms with Gasteiger partial charge < -0.3 is 5.32 Å². The first-order valence-corrected chi connectivity index (χ1v) is 6.88. The zero-order valence-electron chi connectivity index (χ0n) is 8.76. The molecule has 0 bridgehead atoms. The second-order valence-corrected chi connectivity index (χ2v) is 6.19. The fraction of sp³-hybridized carbons (Fsp3) is 0.167. The van der Waals surface area contributed by atoms with Crippen LogP contribution in [0.2, 0.25) is 5.02 Å². The van der Waals surface area contributed by atoms with Gasteiger partial charge in [-0.2, -0.15) is 0 Å². The highest BCUT2D eigenvalue weighted by Gasteiger charge is 2.01. The molecule has 0 aliphatic rings. The van der Waals surface area contributed by atoms with Gasteiger partial charge in [-0.3, -0.25) is 0 Å². The van der Waals surface area contributed by atoms with Crippen LogP contribution in [-0.4, -0.2) is 0 Å². The SMILES string of the molecule is Cc1ccc(CNc2ccc(Br)cc2Cl)s1. The molecule has 84 valence electrons. The highest BCUT2D eigenvalue weighted by Crippen LogP contribution is 2.26. The van der Waals surface area contributed by atoms with Gasteiger partial charge in [0, 0.05) is 20.8 Å². The Labute approximate surface area is 113 Å². The molecule has 0 saturated heterocycles. The average Bonchev–Trinajstić information content (AvgIpc) is 2.63. The Hall–Kier alpha value is -0.510. The maximum Gasteiger partial charge on any atom is 0.0648 e. The third-order valence-electron chi connectivity index (χ3n) is 2.18. The molecule has 2 rings (SSSR count). The first-order valence-electron chi connectivity index (χ1n) is 4.89. The molecule has 1 nitrogen and oxygen atoms in total. The third-order valence-corrected chi connectivity index (χ3v) is 3.99. The van der Waals surface area contributed by atoms with Gasteiger partial charge >= 0.3 is 0 Å². The Kier molecular flexibility index (Phi) is 3.90. The molecule has 16 heavy (non-hydrogen) atoms. The summed E-state index contributed by atoms with van der Waals surface area (Å²) < 4.78 is 0.995. The standard InChI is InChI=1S/C12H11BrClNS/c1-8-2-4-10(16-8)7-15-12-5-3-9(13)6-11(12)14/h2-6,15H,7H2,1H3. The van der Waals surface area contributed by atoms with Gasteiger partial charge in [-0.15, -0.1) is 11.3 Å². The first-order chi connectivity index (χ1) is 7.65. The van der Waals surface area contributed by atoms with Crippen molar-refractivity contribution in [2.75, 3.05) is 5.32 Å². The van der Waals surface area contributed by atoms with Crippen molar-refractivity contribution in [1.82, 2.24) is 0 Å². The Morgan fingerprint density at radius 2 is 2.12 bits per heavy atom. The minimum absolute atomic E-state index is 0.739. The number of thiophene rings is 1. The van der Waals surface area contributed by atoms with E-state index in [-0.39, 0.29) is 0 Å². The molecule has 0 saturated carbocycles. The average molecular weight is 317 g/mol. The van der Waals surface area contributed by atoms with Crippen molar-refractivity contribution in [2.24, 2.45) is 0 Å². The van der Waals surface area contributed by atoms with Crippen LogP contribution in [0.1, 0.15) is 9.75 Å². The first kappa shape index (κ1) is 12.0. The topological polar surface area (TPSA) is 12.0 Å².